The van der Waals surface area contributed by atoms with Gasteiger partial charge in [0.15, 0.2) is 5.16 Å². The van der Waals surface area contributed by atoms with Crippen LogP contribution in [0, 0.1) is 20.8 Å². The average Bonchev–Trinajstić information content (AvgIpc) is 3.23. The van der Waals surface area contributed by atoms with E-state index < -0.39 is 0 Å². The maximum absolute atomic E-state index is 12.6. The fraction of sp³-hybridized carbons (Fsp3) is 0.316. The number of thioether (sulfide) groups is 1. The molecule has 0 fully saturated rings. The van der Waals surface area contributed by atoms with Gasteiger partial charge in [0.25, 0.3) is 0 Å². The molecule has 0 radical (unpaired) electrons. The summed E-state index contributed by atoms with van der Waals surface area (Å²) in [6.07, 6.45) is 3.28. The molecule has 0 spiro atoms. The summed E-state index contributed by atoms with van der Waals surface area (Å²) in [5.74, 6) is 0.757. The summed E-state index contributed by atoms with van der Waals surface area (Å²) in [5.41, 5.74) is 4.19. The largest absolute Gasteiger partial charge is 0.467 e. The summed E-state index contributed by atoms with van der Waals surface area (Å²) in [6, 6.07) is 7.88. The van der Waals surface area contributed by atoms with Crippen LogP contribution in [0.3, 0.4) is 0 Å². The van der Waals surface area contributed by atoms with E-state index in [1.54, 1.807) is 12.6 Å². The third-order valence-electron chi connectivity index (χ3n) is 4.06. The van der Waals surface area contributed by atoms with Crippen molar-refractivity contribution in [1.82, 2.24) is 14.8 Å². The molecule has 3 aromatic rings. The van der Waals surface area contributed by atoms with Gasteiger partial charge in [0.05, 0.1) is 18.1 Å². The molecule has 0 aliphatic carbocycles. The Balaban J connectivity index is 1.68. The van der Waals surface area contributed by atoms with Crippen LogP contribution in [-0.4, -0.2) is 25.9 Å². The van der Waals surface area contributed by atoms with Crippen molar-refractivity contribution < 1.29 is 9.21 Å². The smallest absolute Gasteiger partial charge is 0.237 e. The van der Waals surface area contributed by atoms with Gasteiger partial charge in [-0.3, -0.25) is 4.79 Å². The molecule has 0 aliphatic rings. The first-order chi connectivity index (χ1) is 12.4. The van der Waals surface area contributed by atoms with Gasteiger partial charge in [-0.25, -0.2) is 0 Å². The molecule has 2 aromatic heterocycles. The van der Waals surface area contributed by atoms with Gasteiger partial charge in [0.1, 0.15) is 12.1 Å². The van der Waals surface area contributed by atoms with Crippen LogP contribution in [0.25, 0.3) is 0 Å². The highest BCUT2D eigenvalue weighted by Gasteiger charge is 2.19. The molecule has 6 nitrogen and oxygen atoms in total. The number of carbonyl (C=O) groups excluding carboxylic acids is 1. The zero-order valence-electron chi connectivity index (χ0n) is 15.3. The molecule has 0 aliphatic heterocycles. The number of hydrogen-bond acceptors (Lipinski definition) is 5. The minimum absolute atomic E-state index is 0.0578. The van der Waals surface area contributed by atoms with Crippen LogP contribution in [-0.2, 0) is 11.3 Å². The van der Waals surface area contributed by atoms with Crippen LogP contribution in [0.15, 0.2) is 46.4 Å². The van der Waals surface area contributed by atoms with Gasteiger partial charge >= 0.3 is 0 Å². The van der Waals surface area contributed by atoms with Gasteiger partial charge in [-0.05, 0) is 51.0 Å². The van der Waals surface area contributed by atoms with Crippen molar-refractivity contribution in [3.05, 3.63) is 59.3 Å². The topological polar surface area (TPSA) is 73.0 Å². The predicted octanol–water partition coefficient (Wildman–Crippen LogP) is 3.96. The molecule has 1 unspecified atom stereocenters. The van der Waals surface area contributed by atoms with Crippen molar-refractivity contribution in [3.63, 3.8) is 0 Å². The molecule has 1 N–H and O–H groups in total. The number of aryl methyl sites for hydroxylation is 3. The van der Waals surface area contributed by atoms with Crippen molar-refractivity contribution >= 4 is 23.4 Å². The second kappa shape index (κ2) is 7.78. The van der Waals surface area contributed by atoms with Crippen LogP contribution >= 0.6 is 11.8 Å². The summed E-state index contributed by atoms with van der Waals surface area (Å²) in [5, 5.41) is 11.5. The van der Waals surface area contributed by atoms with Crippen LogP contribution < -0.4 is 5.32 Å². The lowest BCUT2D eigenvalue weighted by molar-refractivity contribution is -0.115. The number of amides is 1. The van der Waals surface area contributed by atoms with E-state index in [0.29, 0.717) is 11.7 Å². The fourth-order valence-electron chi connectivity index (χ4n) is 2.83. The highest BCUT2D eigenvalue weighted by Crippen LogP contribution is 2.26. The molecule has 1 atom stereocenters. The van der Waals surface area contributed by atoms with E-state index in [0.717, 1.165) is 22.6 Å². The monoisotopic (exact) mass is 370 g/mol. The Labute approximate surface area is 157 Å². The third kappa shape index (κ3) is 4.16. The molecule has 0 bridgehead atoms. The number of hydrogen-bond donors (Lipinski definition) is 1. The molecular weight excluding hydrogens is 348 g/mol. The molecule has 26 heavy (non-hydrogen) atoms. The van der Waals surface area contributed by atoms with Crippen molar-refractivity contribution in [3.8, 4) is 0 Å². The molecule has 1 aromatic carbocycles. The minimum Gasteiger partial charge on any atom is -0.467 e. The maximum atomic E-state index is 12.6. The fourth-order valence-corrected chi connectivity index (χ4v) is 3.65. The quantitative estimate of drug-likeness (QED) is 0.665. The number of furan rings is 1. The molecule has 1 amide bonds. The zero-order valence-corrected chi connectivity index (χ0v) is 16.1. The van der Waals surface area contributed by atoms with Crippen molar-refractivity contribution in [2.75, 3.05) is 5.32 Å². The zero-order chi connectivity index (χ0) is 18.7. The summed E-state index contributed by atoms with van der Waals surface area (Å²) in [7, 11) is 0. The number of aromatic nitrogens is 3. The molecule has 3 rings (SSSR count). The number of benzene rings is 1. The summed E-state index contributed by atoms with van der Waals surface area (Å²) < 4.78 is 7.23. The first kappa shape index (κ1) is 18.3. The van der Waals surface area contributed by atoms with Gasteiger partial charge in [0, 0.05) is 5.69 Å². The molecule has 136 valence electrons. The Morgan fingerprint density at radius 1 is 1.31 bits per heavy atom. The van der Waals surface area contributed by atoms with E-state index in [2.05, 4.69) is 34.6 Å². The first-order valence-electron chi connectivity index (χ1n) is 8.39. The van der Waals surface area contributed by atoms with Crippen molar-refractivity contribution in [2.24, 2.45) is 0 Å². The van der Waals surface area contributed by atoms with E-state index in [9.17, 15) is 4.79 Å². The second-order valence-corrected chi connectivity index (χ2v) is 7.65. The first-order valence-corrected chi connectivity index (χ1v) is 9.27. The lowest BCUT2D eigenvalue weighted by Gasteiger charge is -2.16. The minimum atomic E-state index is -0.311. The predicted molar refractivity (Wildman–Crippen MR) is 102 cm³/mol. The molecule has 0 saturated heterocycles. The van der Waals surface area contributed by atoms with E-state index in [1.165, 1.54) is 17.3 Å². The Hall–Kier alpha value is -2.54. The van der Waals surface area contributed by atoms with Gasteiger partial charge in [-0.2, -0.15) is 0 Å². The van der Waals surface area contributed by atoms with Gasteiger partial charge in [-0.1, -0.05) is 29.5 Å². The Morgan fingerprint density at radius 2 is 2.04 bits per heavy atom. The summed E-state index contributed by atoms with van der Waals surface area (Å²) in [6.45, 7) is 8.47. The van der Waals surface area contributed by atoms with Crippen LogP contribution in [0.4, 0.5) is 5.69 Å². The Morgan fingerprint density at radius 3 is 2.69 bits per heavy atom. The summed E-state index contributed by atoms with van der Waals surface area (Å²) in [4.78, 5) is 12.6. The number of carbonyl (C=O) groups is 1. The van der Waals surface area contributed by atoms with Gasteiger partial charge in [0.2, 0.25) is 5.91 Å². The van der Waals surface area contributed by atoms with E-state index in [4.69, 9.17) is 4.42 Å². The lowest BCUT2D eigenvalue weighted by Crippen LogP contribution is -2.24. The average molecular weight is 370 g/mol. The van der Waals surface area contributed by atoms with E-state index in [1.807, 2.05) is 37.5 Å². The molecular formula is C19H22N4O2S. The number of nitrogens with zero attached hydrogens (tertiary/aromatic N) is 3. The molecule has 0 saturated carbocycles. The molecule has 7 heteroatoms. The standard InChI is InChI=1S/C19H22N4O2S/c1-12-8-13(2)17(14(3)9-12)21-18(24)15(4)26-19-22-20-11-23(19)10-16-6-5-7-25-16/h5-9,11,15H,10H2,1-4H3,(H,21,24). The highest BCUT2D eigenvalue weighted by atomic mass is 32.2. The van der Waals surface area contributed by atoms with Crippen molar-refractivity contribution in [1.29, 1.82) is 0 Å². The SMILES string of the molecule is Cc1cc(C)c(NC(=O)C(C)Sc2nncn2Cc2ccco2)c(C)c1. The van der Waals surface area contributed by atoms with E-state index >= 15 is 0 Å². The highest BCUT2D eigenvalue weighted by molar-refractivity contribution is 8.00. The summed E-state index contributed by atoms with van der Waals surface area (Å²) >= 11 is 1.38. The van der Waals surface area contributed by atoms with Crippen LogP contribution in [0.5, 0.6) is 0 Å². The second-order valence-electron chi connectivity index (χ2n) is 6.34. The number of nitrogens with one attached hydrogen (secondary N) is 1. The van der Waals surface area contributed by atoms with Gasteiger partial charge < -0.3 is 14.3 Å². The van der Waals surface area contributed by atoms with Crippen LogP contribution in [0.2, 0.25) is 0 Å². The maximum Gasteiger partial charge on any atom is 0.237 e. The van der Waals surface area contributed by atoms with E-state index in [-0.39, 0.29) is 11.2 Å². The van der Waals surface area contributed by atoms with Crippen molar-refractivity contribution in [2.45, 2.75) is 44.6 Å². The normalized spacial score (nSPS) is 12.2. The lowest BCUT2D eigenvalue weighted by atomic mass is 10.1. The molecule has 2 heterocycles. The number of rotatable bonds is 6. The Bertz CT molecular complexity index is 879. The Kier molecular flexibility index (Phi) is 5.46. The third-order valence-corrected chi connectivity index (χ3v) is 5.16. The van der Waals surface area contributed by atoms with Gasteiger partial charge in [-0.15, -0.1) is 10.2 Å². The van der Waals surface area contributed by atoms with Crippen LogP contribution in [0.1, 0.15) is 29.4 Å². The number of anilines is 1.